The van der Waals surface area contributed by atoms with Crippen molar-refractivity contribution in [3.63, 3.8) is 0 Å². The number of carbonyl (C=O) groups is 1. The topological polar surface area (TPSA) is 75.7 Å². The van der Waals surface area contributed by atoms with Crippen LogP contribution in [0, 0.1) is 17.8 Å². The van der Waals surface area contributed by atoms with E-state index in [1.54, 1.807) is 36.4 Å². The average Bonchev–Trinajstić information content (AvgIpc) is 2.92. The van der Waals surface area contributed by atoms with Gasteiger partial charge < -0.3 is 10.1 Å². The van der Waals surface area contributed by atoms with E-state index >= 15 is 0 Å². The molecule has 198 valence electrons. The first kappa shape index (κ1) is 25.0. The third kappa shape index (κ3) is 4.68. The quantitative estimate of drug-likeness (QED) is 0.388. The number of para-hydroxylation sites is 1. The minimum atomic E-state index is -3.98. The van der Waals surface area contributed by atoms with E-state index in [9.17, 15) is 13.2 Å². The van der Waals surface area contributed by atoms with Crippen molar-refractivity contribution < 1.29 is 17.9 Å². The normalized spacial score (nSPS) is 25.7. The van der Waals surface area contributed by atoms with E-state index < -0.39 is 15.9 Å². The Morgan fingerprint density at radius 2 is 1.45 bits per heavy atom. The molecule has 0 aliphatic heterocycles. The molecular formula is C31H34N2O4S. The molecule has 1 amide bonds. The number of ether oxygens (including phenoxy) is 1. The number of nitrogens with zero attached hydrogens (tertiary/aromatic N) is 1. The van der Waals surface area contributed by atoms with Crippen LogP contribution in [-0.4, -0.2) is 28.0 Å². The Bertz CT molecular complexity index is 1370. The van der Waals surface area contributed by atoms with Gasteiger partial charge in [-0.2, -0.15) is 0 Å². The second kappa shape index (κ2) is 9.77. The van der Waals surface area contributed by atoms with Gasteiger partial charge in [-0.25, -0.2) is 8.42 Å². The third-order valence-corrected chi connectivity index (χ3v) is 10.6. The number of amides is 1. The molecule has 4 aliphatic rings. The fraction of sp³-hybridized carbons (Fsp3) is 0.387. The van der Waals surface area contributed by atoms with Gasteiger partial charge in [0.2, 0.25) is 5.91 Å². The Morgan fingerprint density at radius 3 is 2.00 bits per heavy atom. The third-order valence-electron chi connectivity index (χ3n) is 8.80. The summed E-state index contributed by atoms with van der Waals surface area (Å²) in [6, 6.07) is 23.2. The van der Waals surface area contributed by atoms with Gasteiger partial charge in [-0.1, -0.05) is 30.3 Å². The zero-order valence-electron chi connectivity index (χ0n) is 21.7. The van der Waals surface area contributed by atoms with Crippen LogP contribution in [0.3, 0.4) is 0 Å². The molecule has 0 spiro atoms. The van der Waals surface area contributed by atoms with Crippen LogP contribution in [0.5, 0.6) is 5.75 Å². The molecule has 0 unspecified atom stereocenters. The molecule has 4 bridgehead atoms. The van der Waals surface area contributed by atoms with Crippen molar-refractivity contribution in [1.82, 2.24) is 0 Å². The number of sulfonamides is 1. The molecule has 3 aromatic carbocycles. The van der Waals surface area contributed by atoms with Crippen LogP contribution in [0.15, 0.2) is 83.8 Å². The summed E-state index contributed by atoms with van der Waals surface area (Å²) in [5.41, 5.74) is 2.80. The Labute approximate surface area is 225 Å². The van der Waals surface area contributed by atoms with Crippen LogP contribution < -0.4 is 14.4 Å². The standard InChI is InChI=1S/C31H34N2O4S/c1-37-28-11-13-29(14-12-28)38(35,36)33(27-5-3-2-4-6-27)21-30(34)32-26-9-7-25(8-10-26)31-18-22-15-23(19-31)17-24(16-22)20-31/h2-14,22-24H,15-21H2,1H3,(H,32,34). The van der Waals surface area contributed by atoms with Crippen molar-refractivity contribution in [3.05, 3.63) is 84.4 Å². The maximum atomic E-state index is 13.6. The molecule has 4 fully saturated rings. The molecular weight excluding hydrogens is 496 g/mol. The van der Waals surface area contributed by atoms with Crippen molar-refractivity contribution >= 4 is 27.3 Å². The van der Waals surface area contributed by atoms with Crippen molar-refractivity contribution in [1.29, 1.82) is 0 Å². The summed E-state index contributed by atoms with van der Waals surface area (Å²) >= 11 is 0. The summed E-state index contributed by atoms with van der Waals surface area (Å²) in [4.78, 5) is 13.2. The van der Waals surface area contributed by atoms with Crippen LogP contribution in [-0.2, 0) is 20.2 Å². The molecule has 38 heavy (non-hydrogen) atoms. The van der Waals surface area contributed by atoms with Crippen molar-refractivity contribution in [3.8, 4) is 5.75 Å². The van der Waals surface area contributed by atoms with Gasteiger partial charge in [0.05, 0.1) is 17.7 Å². The summed E-state index contributed by atoms with van der Waals surface area (Å²) in [5.74, 6) is 2.78. The molecule has 0 saturated heterocycles. The van der Waals surface area contributed by atoms with E-state index in [0.717, 1.165) is 22.1 Å². The van der Waals surface area contributed by atoms with Gasteiger partial charge in [-0.15, -0.1) is 0 Å². The van der Waals surface area contributed by atoms with E-state index in [4.69, 9.17) is 4.74 Å². The molecule has 3 aromatic rings. The maximum Gasteiger partial charge on any atom is 0.264 e. The molecule has 7 rings (SSSR count). The van der Waals surface area contributed by atoms with Gasteiger partial charge in [0.1, 0.15) is 12.3 Å². The van der Waals surface area contributed by atoms with Crippen LogP contribution in [0.25, 0.3) is 0 Å². The highest BCUT2D eigenvalue weighted by Crippen LogP contribution is 2.60. The summed E-state index contributed by atoms with van der Waals surface area (Å²) in [5, 5.41) is 2.92. The minimum Gasteiger partial charge on any atom is -0.497 e. The predicted octanol–water partition coefficient (Wildman–Crippen LogP) is 6.00. The van der Waals surface area contributed by atoms with Crippen LogP contribution in [0.2, 0.25) is 0 Å². The molecule has 6 nitrogen and oxygen atoms in total. The lowest BCUT2D eigenvalue weighted by Gasteiger charge is -2.57. The van der Waals surface area contributed by atoms with Crippen molar-refractivity contribution in [2.45, 2.75) is 48.8 Å². The van der Waals surface area contributed by atoms with Gasteiger partial charge in [0.15, 0.2) is 0 Å². The van der Waals surface area contributed by atoms with Gasteiger partial charge in [-0.05, 0) is 116 Å². The second-order valence-electron chi connectivity index (χ2n) is 11.3. The second-order valence-corrected chi connectivity index (χ2v) is 13.2. The van der Waals surface area contributed by atoms with Crippen LogP contribution >= 0.6 is 0 Å². The number of anilines is 2. The fourth-order valence-corrected chi connectivity index (χ4v) is 8.91. The predicted molar refractivity (Wildman–Crippen MR) is 149 cm³/mol. The van der Waals surface area contributed by atoms with Crippen molar-refractivity contribution in [2.75, 3.05) is 23.3 Å². The highest BCUT2D eigenvalue weighted by Gasteiger charge is 2.51. The first-order valence-corrected chi connectivity index (χ1v) is 14.9. The number of benzene rings is 3. The smallest absolute Gasteiger partial charge is 0.264 e. The molecule has 0 atom stereocenters. The molecule has 0 heterocycles. The first-order chi connectivity index (χ1) is 18.3. The van der Waals surface area contributed by atoms with Crippen molar-refractivity contribution in [2.24, 2.45) is 17.8 Å². The van der Waals surface area contributed by atoms with E-state index in [2.05, 4.69) is 17.4 Å². The summed E-state index contributed by atoms with van der Waals surface area (Å²) in [7, 11) is -2.45. The molecule has 0 aromatic heterocycles. The Morgan fingerprint density at radius 1 is 0.868 bits per heavy atom. The van der Waals surface area contributed by atoms with Gasteiger partial charge in [0, 0.05) is 5.69 Å². The van der Waals surface area contributed by atoms with E-state index in [1.807, 2.05) is 18.2 Å². The Kier molecular flexibility index (Phi) is 6.42. The zero-order chi connectivity index (χ0) is 26.3. The van der Waals surface area contributed by atoms with E-state index in [1.165, 1.54) is 63.3 Å². The Balaban J connectivity index is 1.19. The molecule has 0 radical (unpaired) electrons. The summed E-state index contributed by atoms with van der Waals surface area (Å²) in [6.07, 6.45) is 8.10. The first-order valence-electron chi connectivity index (χ1n) is 13.5. The lowest BCUT2D eigenvalue weighted by molar-refractivity contribution is -0.114. The van der Waals surface area contributed by atoms with Gasteiger partial charge >= 0.3 is 0 Å². The lowest BCUT2D eigenvalue weighted by atomic mass is 9.48. The number of methoxy groups -OCH3 is 1. The van der Waals surface area contributed by atoms with Crippen LogP contribution in [0.1, 0.15) is 44.1 Å². The molecule has 4 aliphatic carbocycles. The maximum absolute atomic E-state index is 13.6. The average molecular weight is 531 g/mol. The number of carbonyl (C=O) groups excluding carboxylic acids is 1. The zero-order valence-corrected chi connectivity index (χ0v) is 22.5. The highest BCUT2D eigenvalue weighted by atomic mass is 32.2. The molecule has 1 N–H and O–H groups in total. The van der Waals surface area contributed by atoms with E-state index in [-0.39, 0.29) is 11.4 Å². The monoisotopic (exact) mass is 530 g/mol. The largest absolute Gasteiger partial charge is 0.497 e. The van der Waals surface area contributed by atoms with Gasteiger partial charge in [-0.3, -0.25) is 9.10 Å². The number of nitrogens with one attached hydrogen (secondary N) is 1. The van der Waals surface area contributed by atoms with E-state index in [0.29, 0.717) is 22.5 Å². The molecule has 4 saturated carbocycles. The van der Waals surface area contributed by atoms with Crippen LogP contribution in [0.4, 0.5) is 11.4 Å². The number of rotatable bonds is 8. The number of hydrogen-bond donors (Lipinski definition) is 1. The summed E-state index contributed by atoms with van der Waals surface area (Å²) < 4.78 is 33.5. The molecule has 7 heteroatoms. The summed E-state index contributed by atoms with van der Waals surface area (Å²) in [6.45, 7) is -0.338. The number of hydrogen-bond acceptors (Lipinski definition) is 4. The van der Waals surface area contributed by atoms with Gasteiger partial charge in [0.25, 0.3) is 10.0 Å². The SMILES string of the molecule is COc1ccc(S(=O)(=O)N(CC(=O)Nc2ccc(C34CC5CC(CC(C5)C3)C4)cc2)c2ccccc2)cc1. The highest BCUT2D eigenvalue weighted by molar-refractivity contribution is 7.92. The minimum absolute atomic E-state index is 0.0925. The fourth-order valence-electron chi connectivity index (χ4n) is 7.49. The lowest BCUT2D eigenvalue weighted by Crippen LogP contribution is -2.48. The Hall–Kier alpha value is -3.32.